The Morgan fingerprint density at radius 2 is 1.08 bits per heavy atom. The number of nitrogens with zero attached hydrogens (tertiary/aromatic N) is 14. The summed E-state index contributed by atoms with van der Waals surface area (Å²) in [6.45, 7) is 6.77. The number of hydrogen-bond donors (Lipinski definition) is 5. The van der Waals surface area contributed by atoms with Crippen LogP contribution in [0.1, 0.15) is 78.5 Å². The first kappa shape index (κ1) is 52.2. The zero-order valence-corrected chi connectivity index (χ0v) is 36.3. The van der Waals surface area contributed by atoms with Crippen LogP contribution in [-0.4, -0.2) is 107 Å². The van der Waals surface area contributed by atoms with Gasteiger partial charge in [0.2, 0.25) is 0 Å². The fourth-order valence-electron chi connectivity index (χ4n) is 8.22. The Morgan fingerprint density at radius 3 is 1.45 bits per heavy atom. The fourth-order valence-corrected chi connectivity index (χ4v) is 8.22. The topological polar surface area (TPSA) is 391 Å². The first-order valence-electron chi connectivity index (χ1n) is 20.6. The van der Waals surface area contributed by atoms with Crippen LogP contribution in [0.15, 0.2) is 71.3 Å². The average Bonchev–Trinajstić information content (AvgIpc) is 3.80. The van der Waals surface area contributed by atoms with Gasteiger partial charge in [0.15, 0.2) is 37.2 Å². The minimum Gasteiger partial charge on any atom is -0.393 e. The summed E-state index contributed by atoms with van der Waals surface area (Å²) in [5, 5.41) is 29.7. The van der Waals surface area contributed by atoms with Gasteiger partial charge < -0.3 is 35.9 Å². The van der Waals surface area contributed by atoms with Gasteiger partial charge in [0, 0.05) is 70.9 Å². The Hall–Kier alpha value is -6.44. The molecule has 3 aliphatic heterocycles. The van der Waals surface area contributed by atoms with Crippen LogP contribution < -0.4 is 34.1 Å². The number of hydrogen-bond acceptors (Lipinski definition) is 16. The summed E-state index contributed by atoms with van der Waals surface area (Å²) in [6, 6.07) is 3.85. The molecule has 3 aliphatic rings. The molecular formula is C37H52F3N17O9. The summed E-state index contributed by atoms with van der Waals surface area (Å²) >= 11 is 0. The number of anilines is 2. The fraction of sp³-hybridized carbons (Fsp3) is 0.676. The van der Waals surface area contributed by atoms with Crippen molar-refractivity contribution in [2.75, 3.05) is 37.7 Å². The van der Waals surface area contributed by atoms with E-state index in [1.165, 1.54) is 30.7 Å². The summed E-state index contributed by atoms with van der Waals surface area (Å²) in [5.41, 5.74) is 29.8. The van der Waals surface area contributed by atoms with Gasteiger partial charge in [-0.25, -0.2) is 27.6 Å². The maximum Gasteiger partial charge on any atom is 0.351 e. The standard InChI is InChI=1S/C13H19FN6O2.C13H18FN5O3.C11H15FN6O4/c1-3-13(5-6-17-19-16)8(2)10(14)11(22-13)20-7-4-9(15)18-12(20)21;1-3-13(5-6-16-18-15)8(2)10(14)11(22-13)19-7-4-9(20)17-12(19)21;12-7-8(20)11(5-19,2-3-15-17-14)22-9(7)18-4-1-6(13)16-10(18)21/h4,7-8,10-11H,3,5-6H2,1-2H3,(H2,15,18,21);4,7-8,10-11H,3,5-6H2,1-2H3,(H,17,20,21);1,4,7-9,19-20H,2-3,5H2,(H2,13,16,21)/t2*8-,10+,11+,13-;7-,8+,9-,11-/m001/s1. The maximum atomic E-state index is 14.7. The van der Waals surface area contributed by atoms with E-state index in [9.17, 15) is 42.6 Å². The predicted molar refractivity (Wildman–Crippen MR) is 228 cm³/mol. The van der Waals surface area contributed by atoms with Crippen LogP contribution in [0.2, 0.25) is 0 Å². The van der Waals surface area contributed by atoms with E-state index < -0.39 is 101 Å². The highest BCUT2D eigenvalue weighted by atomic mass is 19.1. The van der Waals surface area contributed by atoms with Gasteiger partial charge >= 0.3 is 17.1 Å². The number of H-pyrrole nitrogens is 1. The van der Waals surface area contributed by atoms with Crippen molar-refractivity contribution in [2.45, 2.75) is 120 Å². The van der Waals surface area contributed by atoms with Crippen molar-refractivity contribution in [1.82, 2.24) is 28.7 Å². The van der Waals surface area contributed by atoms with Gasteiger partial charge in [-0.15, -0.1) is 0 Å². The van der Waals surface area contributed by atoms with E-state index >= 15 is 0 Å². The summed E-state index contributed by atoms with van der Waals surface area (Å²) < 4.78 is 63.8. The Bertz CT molecular complexity index is 2420. The molecule has 3 aromatic heterocycles. The number of nitrogens with two attached hydrogens (primary N) is 2. The highest BCUT2D eigenvalue weighted by molar-refractivity contribution is 5.24. The summed E-state index contributed by atoms with van der Waals surface area (Å²) in [5.74, 6) is -0.879. The van der Waals surface area contributed by atoms with Crippen LogP contribution in [-0.2, 0) is 14.2 Å². The van der Waals surface area contributed by atoms with Crippen molar-refractivity contribution in [3.8, 4) is 0 Å². The number of nitrogens with one attached hydrogen (secondary N) is 1. The molecule has 6 rings (SSSR count). The van der Waals surface area contributed by atoms with Gasteiger partial charge in [-0.1, -0.05) is 43.0 Å². The van der Waals surface area contributed by atoms with Crippen LogP contribution >= 0.6 is 0 Å². The number of aliphatic hydroxyl groups is 2. The molecule has 7 N–H and O–H groups in total. The molecule has 0 aromatic carbocycles. The maximum absolute atomic E-state index is 14.7. The second-order valence-corrected chi connectivity index (χ2v) is 15.7. The molecule has 0 bridgehead atoms. The molecule has 0 saturated carbocycles. The molecular weight excluding hydrogens is 884 g/mol. The molecule has 0 spiro atoms. The third-order valence-electron chi connectivity index (χ3n) is 12.3. The number of rotatable bonds is 15. The first-order valence-corrected chi connectivity index (χ1v) is 20.6. The number of aromatic amines is 1. The lowest BCUT2D eigenvalue weighted by molar-refractivity contribution is -0.131. The Labute approximate surface area is 372 Å². The molecule has 0 amide bonds. The normalized spacial score (nSPS) is 31.0. The predicted octanol–water partition coefficient (Wildman–Crippen LogP) is 3.55. The number of aliphatic hydroxyl groups excluding tert-OH is 2. The number of aromatic nitrogens is 6. The average molecular weight is 936 g/mol. The molecule has 29 heteroatoms. The number of azide groups is 3. The molecule has 12 atom stereocenters. The third-order valence-corrected chi connectivity index (χ3v) is 12.3. The van der Waals surface area contributed by atoms with E-state index in [2.05, 4.69) is 45.0 Å². The lowest BCUT2D eigenvalue weighted by Gasteiger charge is -2.31. The van der Waals surface area contributed by atoms with Gasteiger partial charge in [0.25, 0.3) is 5.56 Å². The van der Waals surface area contributed by atoms with Crippen molar-refractivity contribution < 1.29 is 37.6 Å². The van der Waals surface area contributed by atoms with Crippen molar-refractivity contribution in [2.24, 2.45) is 27.2 Å². The van der Waals surface area contributed by atoms with Gasteiger partial charge in [0.05, 0.1) is 17.8 Å². The molecule has 3 saturated heterocycles. The zero-order chi connectivity index (χ0) is 49.0. The zero-order valence-electron chi connectivity index (χ0n) is 36.3. The van der Waals surface area contributed by atoms with Crippen LogP contribution in [0.4, 0.5) is 24.8 Å². The molecule has 6 heterocycles. The van der Waals surface area contributed by atoms with E-state index in [1.807, 2.05) is 13.8 Å². The Balaban J connectivity index is 0.000000216. The molecule has 0 aliphatic carbocycles. The van der Waals surface area contributed by atoms with Gasteiger partial charge in [-0.05, 0) is 60.8 Å². The Kier molecular flexibility index (Phi) is 17.9. The number of nitrogen functional groups attached to an aromatic ring is 2. The van der Waals surface area contributed by atoms with Crippen LogP contribution in [0.5, 0.6) is 0 Å². The van der Waals surface area contributed by atoms with Crippen molar-refractivity contribution in [3.05, 3.63) is 110 Å². The van der Waals surface area contributed by atoms with Crippen LogP contribution in [0.25, 0.3) is 31.3 Å². The van der Waals surface area contributed by atoms with E-state index in [4.69, 9.17) is 42.3 Å². The lowest BCUT2D eigenvalue weighted by Crippen LogP contribution is -2.46. The molecule has 0 unspecified atom stereocenters. The quantitative estimate of drug-likeness (QED) is 0.0828. The van der Waals surface area contributed by atoms with Crippen LogP contribution in [0, 0.1) is 11.8 Å². The highest BCUT2D eigenvalue weighted by Gasteiger charge is 2.56. The van der Waals surface area contributed by atoms with Gasteiger partial charge in [-0.3, -0.25) is 23.5 Å². The number of alkyl halides is 3. The minimum absolute atomic E-state index is 0.0352. The summed E-state index contributed by atoms with van der Waals surface area (Å²) in [4.78, 5) is 63.7. The molecule has 0 radical (unpaired) electrons. The SMILES string of the molecule is CC[C@@]1(CCN=[N+]=[N-])O[C@@H](n2ccc(=O)[nH]c2=O)[C@H](F)[C@@H]1C.CC[C@@]1(CCN=[N+]=[N-])O[C@@H](n2ccc(N)nc2=O)[C@H](F)[C@@H]1C.[N-]=[N+]=NCC[C@]1(CO)O[C@@H](n2ccc(N)nc2=O)[C@H](F)[C@@H]1O. The molecule has 26 nitrogen and oxygen atoms in total. The van der Waals surface area contributed by atoms with E-state index in [1.54, 1.807) is 13.8 Å². The van der Waals surface area contributed by atoms with Crippen molar-refractivity contribution in [3.63, 3.8) is 0 Å². The molecule has 3 fully saturated rings. The molecule has 66 heavy (non-hydrogen) atoms. The largest absolute Gasteiger partial charge is 0.393 e. The second-order valence-electron chi connectivity index (χ2n) is 15.7. The van der Waals surface area contributed by atoms with Gasteiger partial charge in [-0.2, -0.15) is 9.97 Å². The summed E-state index contributed by atoms with van der Waals surface area (Å²) in [6.07, 6.45) is -4.55. The van der Waals surface area contributed by atoms with Gasteiger partial charge in [0.1, 0.15) is 23.3 Å². The number of ether oxygens (including phenoxy) is 3. The molecule has 3 aromatic rings. The lowest BCUT2D eigenvalue weighted by atomic mass is 9.83. The van der Waals surface area contributed by atoms with E-state index in [0.717, 1.165) is 19.8 Å². The van der Waals surface area contributed by atoms with E-state index in [-0.39, 0.29) is 37.7 Å². The van der Waals surface area contributed by atoms with Crippen molar-refractivity contribution in [1.29, 1.82) is 0 Å². The number of halogens is 3. The molecule has 360 valence electrons. The van der Waals surface area contributed by atoms with Crippen molar-refractivity contribution >= 4 is 11.6 Å². The second kappa shape index (κ2) is 22.6. The monoisotopic (exact) mass is 935 g/mol. The van der Waals surface area contributed by atoms with Crippen LogP contribution in [0.3, 0.4) is 0 Å². The minimum atomic E-state index is -1.97. The third kappa shape index (κ3) is 11.1. The highest BCUT2D eigenvalue weighted by Crippen LogP contribution is 2.48. The first-order chi connectivity index (χ1) is 31.3. The smallest absolute Gasteiger partial charge is 0.351 e. The Morgan fingerprint density at radius 1 is 0.697 bits per heavy atom. The van der Waals surface area contributed by atoms with E-state index in [0.29, 0.717) is 25.7 Å². The summed E-state index contributed by atoms with van der Waals surface area (Å²) in [7, 11) is 0.